The van der Waals surface area contributed by atoms with Crippen LogP contribution < -0.4 is 10.3 Å². The molecule has 0 atom stereocenters. The molecule has 1 fully saturated rings. The molecule has 1 aromatic carbocycles. The third-order valence-corrected chi connectivity index (χ3v) is 3.88. The summed E-state index contributed by atoms with van der Waals surface area (Å²) in [6.45, 7) is 7.21. The normalized spacial score (nSPS) is 25.8. The van der Waals surface area contributed by atoms with Crippen molar-refractivity contribution in [2.24, 2.45) is 0 Å². The molecule has 0 aliphatic carbocycles. The van der Waals surface area contributed by atoms with Gasteiger partial charge in [0.1, 0.15) is 5.75 Å². The van der Waals surface area contributed by atoms with Crippen molar-refractivity contribution in [3.63, 3.8) is 0 Å². The molecule has 0 bridgehead atoms. The number of hydrogen-bond acceptors (Lipinski definition) is 4. The largest absolute Gasteiger partial charge is 0.516 e. The minimum Gasteiger partial charge on any atom is -0.497 e. The van der Waals surface area contributed by atoms with Gasteiger partial charge in [-0.25, -0.2) is 4.68 Å². The Hall–Kier alpha value is -1.79. The molecule has 2 aromatic rings. The van der Waals surface area contributed by atoms with E-state index in [4.69, 9.17) is 26.4 Å². The van der Waals surface area contributed by atoms with Gasteiger partial charge in [0.2, 0.25) is 0 Å². The second kappa shape index (κ2) is 5.14. The number of hydrogen-bond donors (Lipinski definition) is 0. The number of aromatic nitrogens is 2. The van der Waals surface area contributed by atoms with E-state index in [0.717, 1.165) is 4.68 Å². The highest BCUT2D eigenvalue weighted by Crippen LogP contribution is 2.36. The fourth-order valence-corrected chi connectivity index (χ4v) is 1.91. The number of methoxy groups -OCH3 is 1. The lowest BCUT2D eigenvalue weighted by Crippen LogP contribution is -2.41. The molecule has 1 saturated heterocycles. The summed E-state index contributed by atoms with van der Waals surface area (Å²) in [5, 5.41) is 4.13. The van der Waals surface area contributed by atoms with Crippen molar-refractivity contribution >= 4 is 12.7 Å². The maximum Gasteiger partial charge on any atom is 0.516 e. The van der Waals surface area contributed by atoms with Crippen LogP contribution in [0.25, 0.3) is 5.69 Å². The summed E-state index contributed by atoms with van der Waals surface area (Å²) in [6.07, 6.45) is -0.524. The first-order chi connectivity index (χ1) is 14.0. The van der Waals surface area contributed by atoms with Gasteiger partial charge in [0, 0.05) is 12.2 Å². The van der Waals surface area contributed by atoms with Gasteiger partial charge >= 0.3 is 7.12 Å². The zero-order valence-electron chi connectivity index (χ0n) is 21.7. The summed E-state index contributed by atoms with van der Waals surface area (Å²) in [5.74, 6) is -0.741. The van der Waals surface area contributed by atoms with E-state index in [0.29, 0.717) is 0 Å². The first-order valence-electron chi connectivity index (χ1n) is 11.2. The highest BCUT2D eigenvalue weighted by Gasteiger charge is 2.52. The summed E-state index contributed by atoms with van der Waals surface area (Å²) in [4.78, 5) is 0. The molecule has 0 saturated carbocycles. The molecule has 1 aliphatic rings. The van der Waals surface area contributed by atoms with Gasteiger partial charge in [-0.3, -0.25) is 0 Å². The van der Waals surface area contributed by atoms with Crippen molar-refractivity contribution < 1.29 is 26.4 Å². The summed E-state index contributed by atoms with van der Waals surface area (Å²) in [6, 6.07) is -3.17. The third-order valence-electron chi connectivity index (χ3n) is 3.88. The van der Waals surface area contributed by atoms with Crippen LogP contribution in [0, 0.1) is 0 Å². The zero-order chi connectivity index (χ0) is 23.7. The molecule has 0 amide bonds. The van der Waals surface area contributed by atoms with Crippen molar-refractivity contribution in [2.75, 3.05) is 7.04 Å². The molecule has 6 heteroatoms. The maximum atomic E-state index is 8.29. The summed E-state index contributed by atoms with van der Waals surface area (Å²) in [7, 11) is -4.09. The van der Waals surface area contributed by atoms with Gasteiger partial charge in [-0.2, -0.15) is 5.10 Å². The van der Waals surface area contributed by atoms with E-state index in [9.17, 15) is 0 Å². The topological polar surface area (TPSA) is 45.5 Å². The Morgan fingerprint density at radius 1 is 1.23 bits per heavy atom. The number of benzene rings is 1. The average molecular weight is 309 g/mol. The van der Waals surface area contributed by atoms with Crippen LogP contribution in [0.2, 0.25) is 0 Å². The number of nitrogens with zero attached hydrogens (tertiary/aromatic N) is 2. The molecular weight excluding hydrogens is 279 g/mol. The van der Waals surface area contributed by atoms with Crippen molar-refractivity contribution in [3.05, 3.63) is 36.4 Å². The van der Waals surface area contributed by atoms with E-state index in [-0.39, 0.29) is 11.6 Å². The minimum atomic E-state index is -3.00. The molecular formula is C16H21BN2O3. The Labute approximate surface area is 144 Å². The minimum absolute atomic E-state index is 0.0674. The number of ether oxygens (including phenoxy) is 1. The van der Waals surface area contributed by atoms with Crippen LogP contribution in [0.15, 0.2) is 36.4 Å². The second-order valence-corrected chi connectivity index (χ2v) is 5.90. The van der Waals surface area contributed by atoms with Gasteiger partial charge in [-0.1, -0.05) is 6.04 Å². The molecule has 0 N–H and O–H groups in total. The molecule has 1 aliphatic heterocycles. The summed E-state index contributed by atoms with van der Waals surface area (Å²) < 4.78 is 87.8. The highest BCUT2D eigenvalue weighted by molar-refractivity contribution is 6.61. The van der Waals surface area contributed by atoms with Crippen LogP contribution in [-0.4, -0.2) is 35.1 Å². The van der Waals surface area contributed by atoms with Crippen molar-refractivity contribution in [3.8, 4) is 11.4 Å². The fourth-order valence-electron chi connectivity index (χ4n) is 1.91. The summed E-state index contributed by atoms with van der Waals surface area (Å²) >= 11 is 0. The van der Waals surface area contributed by atoms with Crippen LogP contribution in [0.5, 0.6) is 5.75 Å². The molecule has 0 radical (unpaired) electrons. The molecule has 2 heterocycles. The maximum absolute atomic E-state index is 8.29. The van der Waals surface area contributed by atoms with Gasteiger partial charge in [0.15, 0.2) is 0 Å². The monoisotopic (exact) mass is 309 g/mol. The standard InChI is InChI=1S/C16H21BN2O3/c1-15(2)16(3,4)22-17(21-15)14-9-10-19(18-14)12-7-6-8-13(11-12)20-5/h6-11H,1-5H3/i5D3,6D,7D,8D,9D,10D,11D. The van der Waals surface area contributed by atoms with Crippen LogP contribution >= 0.6 is 0 Å². The Balaban J connectivity index is 2.18. The number of rotatable bonds is 3. The molecule has 5 nitrogen and oxygen atoms in total. The van der Waals surface area contributed by atoms with Crippen molar-refractivity contribution in [2.45, 2.75) is 38.9 Å². The van der Waals surface area contributed by atoms with Crippen molar-refractivity contribution in [1.82, 2.24) is 9.78 Å². The van der Waals surface area contributed by atoms with Crippen LogP contribution in [-0.2, 0) is 9.31 Å². The van der Waals surface area contributed by atoms with E-state index in [1.165, 1.54) is 0 Å². The van der Waals surface area contributed by atoms with Crippen molar-refractivity contribution in [1.29, 1.82) is 0 Å². The molecule has 0 unspecified atom stereocenters. The van der Waals surface area contributed by atoms with Crippen LogP contribution in [0.1, 0.15) is 40.0 Å². The smallest absolute Gasteiger partial charge is 0.497 e. The Kier molecular flexibility index (Phi) is 1.79. The molecule has 0 spiro atoms. The van der Waals surface area contributed by atoms with Crippen LogP contribution in [0.4, 0.5) is 0 Å². The van der Waals surface area contributed by atoms with Gasteiger partial charge < -0.3 is 14.0 Å². The van der Waals surface area contributed by atoms with E-state index in [1.807, 2.05) is 0 Å². The second-order valence-electron chi connectivity index (χ2n) is 5.90. The quantitative estimate of drug-likeness (QED) is 0.815. The third kappa shape index (κ3) is 2.53. The SMILES string of the molecule is [2H]c1c([2H])c(OC([2H])([2H])[2H])c([2H])c(-n2nc(B3OC(C)(C)C(C)(C)O3)c([2H])c2[2H])c1[2H]. The predicted octanol–water partition coefficient (Wildman–Crippen LogP) is 2.18. The first-order valence-corrected chi connectivity index (χ1v) is 6.70. The molecule has 116 valence electrons. The van der Waals surface area contributed by atoms with Gasteiger partial charge in [0.05, 0.1) is 41.9 Å². The van der Waals surface area contributed by atoms with Crippen LogP contribution in [0.3, 0.4) is 0 Å². The molecule has 1 aromatic heterocycles. The zero-order valence-corrected chi connectivity index (χ0v) is 12.7. The van der Waals surface area contributed by atoms with E-state index >= 15 is 0 Å². The molecule has 3 rings (SSSR count). The van der Waals surface area contributed by atoms with E-state index < -0.39 is 67.1 Å². The van der Waals surface area contributed by atoms with E-state index in [1.54, 1.807) is 27.7 Å². The molecule has 22 heavy (non-hydrogen) atoms. The highest BCUT2D eigenvalue weighted by atomic mass is 16.7. The Morgan fingerprint density at radius 2 is 1.95 bits per heavy atom. The van der Waals surface area contributed by atoms with Gasteiger partial charge in [0.25, 0.3) is 0 Å². The van der Waals surface area contributed by atoms with E-state index in [2.05, 4.69) is 5.10 Å². The van der Waals surface area contributed by atoms with Gasteiger partial charge in [-0.15, -0.1) is 0 Å². The average Bonchev–Trinajstić information content (AvgIpc) is 3.02. The lowest BCUT2D eigenvalue weighted by atomic mass is 9.85. The lowest BCUT2D eigenvalue weighted by molar-refractivity contribution is 0.00578. The Bertz CT molecular complexity index is 1040. The Morgan fingerprint density at radius 3 is 2.64 bits per heavy atom. The summed E-state index contributed by atoms with van der Waals surface area (Å²) in [5.41, 5.74) is -2.00. The predicted molar refractivity (Wildman–Crippen MR) is 85.8 cm³/mol. The first kappa shape index (κ1) is 7.66. The lowest BCUT2D eigenvalue weighted by Gasteiger charge is -2.32. The fraction of sp³-hybridized carbons (Fsp3) is 0.438. The van der Waals surface area contributed by atoms with Gasteiger partial charge in [-0.05, 0) is 45.8 Å².